The minimum Gasteiger partial charge on any atom is -0.414 e. The molecule has 38 heavy (non-hydrogen) atoms. The molecule has 7 rings (SSSR count). The van der Waals surface area contributed by atoms with Gasteiger partial charge in [0.25, 0.3) is 5.84 Å². The van der Waals surface area contributed by atoms with E-state index in [0.717, 1.165) is 20.1 Å². The minimum absolute atomic E-state index is 0.266. The molecule has 0 saturated carbocycles. The predicted octanol–water partition coefficient (Wildman–Crippen LogP) is 7.69. The van der Waals surface area contributed by atoms with Crippen LogP contribution in [-0.4, -0.2) is 27.5 Å². The fourth-order valence-corrected chi connectivity index (χ4v) is 5.43. The number of rotatable bonds is 4. The second kappa shape index (κ2) is 8.63. The molecule has 6 heteroatoms. The molecule has 0 N–H and O–H groups in total. The zero-order chi connectivity index (χ0) is 25.7. The number of aromatic nitrogens is 1. The molecule has 3 heterocycles. The molecule has 182 valence electrons. The highest BCUT2D eigenvalue weighted by Crippen LogP contribution is 2.45. The third kappa shape index (κ3) is 3.41. The van der Waals surface area contributed by atoms with Gasteiger partial charge in [-0.05, 0) is 33.8 Å². The second-order valence-electron chi connectivity index (χ2n) is 9.44. The first-order valence-corrected chi connectivity index (χ1v) is 12.6. The molecule has 0 saturated heterocycles. The maximum absolute atomic E-state index is 17.1. The Morgan fingerprint density at radius 2 is 1.11 bits per heavy atom. The van der Waals surface area contributed by atoms with E-state index in [1.165, 1.54) is 0 Å². The normalized spacial score (nSPS) is 15.5. The van der Waals surface area contributed by atoms with E-state index in [-0.39, 0.29) is 11.7 Å². The maximum atomic E-state index is 17.1. The zero-order valence-corrected chi connectivity index (χ0v) is 20.4. The average Bonchev–Trinajstić information content (AvgIpc) is 3.56. The highest BCUT2D eigenvalue weighted by atomic mass is 19.2. The Morgan fingerprint density at radius 1 is 0.605 bits per heavy atom. The Kier molecular flexibility index (Phi) is 5.08. The van der Waals surface area contributed by atoms with Crippen LogP contribution in [0.25, 0.3) is 28.0 Å². The van der Waals surface area contributed by atoms with Crippen molar-refractivity contribution < 1.29 is 13.1 Å². The number of hydrogen-bond donors (Lipinski definition) is 0. The van der Waals surface area contributed by atoms with E-state index in [1.54, 1.807) is 0 Å². The van der Waals surface area contributed by atoms with Crippen LogP contribution in [0.4, 0.5) is 14.4 Å². The van der Waals surface area contributed by atoms with Crippen molar-refractivity contribution in [2.75, 3.05) is 0 Å². The van der Waals surface area contributed by atoms with Crippen LogP contribution in [0.3, 0.4) is 0 Å². The molecule has 3 nitrogen and oxygen atoms in total. The van der Waals surface area contributed by atoms with Gasteiger partial charge in [-0.3, -0.25) is 0 Å². The van der Waals surface area contributed by atoms with Gasteiger partial charge in [0.2, 0.25) is 5.82 Å². The Bertz CT molecular complexity index is 1760. The van der Waals surface area contributed by atoms with E-state index < -0.39 is 6.97 Å². The molecule has 2 aliphatic heterocycles. The van der Waals surface area contributed by atoms with Crippen molar-refractivity contribution in [3.05, 3.63) is 145 Å². The van der Waals surface area contributed by atoms with Gasteiger partial charge in [0.05, 0.1) is 11.3 Å². The van der Waals surface area contributed by atoms with Gasteiger partial charge in [-0.15, -0.1) is 0 Å². The van der Waals surface area contributed by atoms with Crippen LogP contribution in [0.1, 0.15) is 11.1 Å². The summed E-state index contributed by atoms with van der Waals surface area (Å²) in [6, 6.07) is 39.8. The van der Waals surface area contributed by atoms with Crippen LogP contribution in [0.5, 0.6) is 0 Å². The monoisotopic (exact) mass is 497 g/mol. The molecule has 0 amide bonds. The van der Waals surface area contributed by atoms with Crippen LogP contribution in [0.15, 0.2) is 138 Å². The quantitative estimate of drug-likeness (QED) is 0.227. The van der Waals surface area contributed by atoms with Crippen molar-refractivity contribution in [2.45, 2.75) is 0 Å². The Hall–Kier alpha value is -4.84. The van der Waals surface area contributed by atoms with Crippen molar-refractivity contribution >= 4 is 29.9 Å². The molecular formula is C32H22BF2N3. The van der Waals surface area contributed by atoms with Crippen LogP contribution >= 0.6 is 0 Å². The molecule has 0 fully saturated rings. The first-order chi connectivity index (χ1) is 18.6. The number of halogens is 2. The Balaban J connectivity index is 1.57. The summed E-state index contributed by atoms with van der Waals surface area (Å²) in [6.45, 7) is -4.30. The number of hydrogen-bond acceptors (Lipinski definition) is 1. The van der Waals surface area contributed by atoms with Gasteiger partial charge in [0.15, 0.2) is 0 Å². The van der Waals surface area contributed by atoms with Gasteiger partial charge in [-0.1, -0.05) is 121 Å². The van der Waals surface area contributed by atoms with E-state index in [4.69, 9.17) is 4.99 Å². The number of allylic oxidation sites excluding steroid dienone is 1. The molecule has 0 radical (unpaired) electrons. The summed E-state index contributed by atoms with van der Waals surface area (Å²) >= 11 is 0. The summed E-state index contributed by atoms with van der Waals surface area (Å²) in [7, 11) is 0. The van der Waals surface area contributed by atoms with Gasteiger partial charge < -0.3 is 17.6 Å². The average molecular weight is 497 g/mol. The van der Waals surface area contributed by atoms with E-state index >= 15 is 8.63 Å². The molecule has 1 aromatic heterocycles. The Morgan fingerprint density at radius 3 is 1.68 bits per heavy atom. The smallest absolute Gasteiger partial charge is 0.414 e. The van der Waals surface area contributed by atoms with Crippen molar-refractivity contribution in [3.63, 3.8) is 0 Å². The van der Waals surface area contributed by atoms with Crippen molar-refractivity contribution in [1.29, 1.82) is 0 Å². The summed E-state index contributed by atoms with van der Waals surface area (Å²) in [4.78, 5) is 5.01. The van der Waals surface area contributed by atoms with Gasteiger partial charge in [0, 0.05) is 16.8 Å². The molecule has 4 aromatic carbocycles. The number of aliphatic imine (C=N–C) groups is 1. The lowest BCUT2D eigenvalue weighted by Gasteiger charge is -2.32. The lowest BCUT2D eigenvalue weighted by Crippen LogP contribution is -2.53. The molecule has 0 bridgehead atoms. The number of amidine groups is 1. The van der Waals surface area contributed by atoms with Gasteiger partial charge in [0.1, 0.15) is 0 Å². The highest BCUT2D eigenvalue weighted by Gasteiger charge is 2.53. The van der Waals surface area contributed by atoms with Gasteiger partial charge in [-0.25, -0.2) is 0 Å². The number of benzene rings is 4. The number of nitrogens with zero attached hydrogens (tertiary/aromatic N) is 3. The first-order valence-electron chi connectivity index (χ1n) is 12.6. The van der Waals surface area contributed by atoms with Crippen molar-refractivity contribution in [1.82, 2.24) is 4.48 Å². The standard InChI is InChI=1S/C32H22BF2N3/c34-33(35)37-29(25-17-9-3-10-18-25)21-27(23-13-5-1-6-14-23)31(37)36-32-28(24-15-7-2-8-16-24)22-30(38(32)33)26-19-11-4-12-20-26/h1-22H. The molecule has 0 unspecified atom stereocenters. The van der Waals surface area contributed by atoms with Crippen LogP contribution in [0, 0.1) is 0 Å². The topological polar surface area (TPSA) is 20.3 Å². The Labute approximate surface area is 219 Å². The van der Waals surface area contributed by atoms with E-state index in [0.29, 0.717) is 33.7 Å². The van der Waals surface area contributed by atoms with E-state index in [2.05, 4.69) is 0 Å². The minimum atomic E-state index is -4.30. The summed E-state index contributed by atoms with van der Waals surface area (Å²) < 4.78 is 36.4. The molecule has 5 aromatic rings. The molecule has 0 aliphatic carbocycles. The summed E-state index contributed by atoms with van der Waals surface area (Å²) in [5, 5.41) is 0. The largest absolute Gasteiger partial charge is 0.642 e. The first kappa shape index (κ1) is 22.4. The third-order valence-corrected chi connectivity index (χ3v) is 7.16. The summed E-state index contributed by atoms with van der Waals surface area (Å²) in [6.07, 6.45) is 1.84. The highest BCUT2D eigenvalue weighted by molar-refractivity contribution is 6.63. The van der Waals surface area contributed by atoms with Crippen LogP contribution in [0.2, 0.25) is 0 Å². The molecule has 0 atom stereocenters. The summed E-state index contributed by atoms with van der Waals surface area (Å²) in [5.41, 5.74) is 5.36. The second-order valence-corrected chi connectivity index (χ2v) is 9.44. The fourth-order valence-electron chi connectivity index (χ4n) is 5.43. The maximum Gasteiger partial charge on any atom is 0.642 e. The third-order valence-electron chi connectivity index (χ3n) is 7.16. The van der Waals surface area contributed by atoms with Crippen molar-refractivity contribution in [3.8, 4) is 22.4 Å². The lowest BCUT2D eigenvalue weighted by molar-refractivity contribution is -0.291. The van der Waals surface area contributed by atoms with Crippen LogP contribution in [-0.2, 0) is 0 Å². The number of fused-ring (bicyclic) bond motifs is 2. The van der Waals surface area contributed by atoms with Crippen molar-refractivity contribution in [2.24, 2.45) is 4.99 Å². The van der Waals surface area contributed by atoms with Gasteiger partial charge >= 0.3 is 6.97 Å². The predicted molar refractivity (Wildman–Crippen MR) is 151 cm³/mol. The van der Waals surface area contributed by atoms with E-state index in [9.17, 15) is 0 Å². The molecular weight excluding hydrogens is 475 g/mol. The SMILES string of the molecule is F[B-]1(F)n2c(-c3ccccc3)cc(-c3ccccc3)c2N=C2C(c3ccccc3)=CC(c3ccccc3)=[N+]21. The lowest BCUT2D eigenvalue weighted by atomic mass is 9.91. The zero-order valence-electron chi connectivity index (χ0n) is 20.4. The van der Waals surface area contributed by atoms with E-state index in [1.807, 2.05) is 133 Å². The molecule has 2 aliphatic rings. The van der Waals surface area contributed by atoms with Gasteiger partial charge in [-0.2, -0.15) is 0 Å². The summed E-state index contributed by atoms with van der Waals surface area (Å²) in [5.74, 6) is 0.532. The molecule has 0 spiro atoms. The fraction of sp³-hybridized carbons (Fsp3) is 0. The van der Waals surface area contributed by atoms with Crippen LogP contribution < -0.4 is 0 Å².